The molecule has 0 aliphatic heterocycles. The van der Waals surface area contributed by atoms with Crippen molar-refractivity contribution in [1.82, 2.24) is 4.90 Å². The number of rotatable bonds is 3. The first-order chi connectivity index (χ1) is 7.13. The van der Waals surface area contributed by atoms with Gasteiger partial charge in [0.1, 0.15) is 5.75 Å². The first kappa shape index (κ1) is 11.1. The molecule has 0 spiro atoms. The highest BCUT2D eigenvalue weighted by molar-refractivity contribution is 5.78. The number of likely N-dealkylation sites (N-methyl/N-ethyl adjacent to an activating group) is 1. The Bertz CT molecular complexity index is 393. The lowest BCUT2D eigenvalue weighted by Gasteiger charge is -2.13. The van der Waals surface area contributed by atoms with Crippen molar-refractivity contribution >= 4 is 5.91 Å². The zero-order valence-electron chi connectivity index (χ0n) is 8.60. The van der Waals surface area contributed by atoms with Gasteiger partial charge in [-0.25, -0.2) is 0 Å². The molecule has 1 N–H and O–H groups in total. The second kappa shape index (κ2) is 5.06. The summed E-state index contributed by atoms with van der Waals surface area (Å²) in [5.41, 5.74) is 0.781. The van der Waals surface area contributed by atoms with Gasteiger partial charge in [0, 0.05) is 7.05 Å². The second-order valence-corrected chi connectivity index (χ2v) is 3.30. The Morgan fingerprint density at radius 1 is 1.60 bits per heavy atom. The Hall–Kier alpha value is -1.95. The quantitative estimate of drug-likeness (QED) is 0.745. The number of amides is 1. The molecule has 0 aliphatic rings. The van der Waals surface area contributed by atoms with Crippen LogP contribution in [0.2, 0.25) is 0 Å². The third-order valence-corrected chi connectivity index (χ3v) is 2.02. The van der Waals surface area contributed by atoms with Crippen molar-refractivity contribution in [3.8, 4) is 18.1 Å². The number of terminal acetylenes is 1. The van der Waals surface area contributed by atoms with E-state index in [-0.39, 0.29) is 18.1 Å². The maximum Gasteiger partial charge on any atom is 0.227 e. The van der Waals surface area contributed by atoms with Crippen LogP contribution in [0.3, 0.4) is 0 Å². The Labute approximate surface area is 89.3 Å². The van der Waals surface area contributed by atoms with E-state index in [9.17, 15) is 9.90 Å². The highest BCUT2D eigenvalue weighted by Gasteiger charge is 2.08. The molecule has 0 unspecified atom stereocenters. The molecular formula is C12H13NO2. The molecule has 78 valence electrons. The van der Waals surface area contributed by atoms with E-state index < -0.39 is 0 Å². The zero-order valence-corrected chi connectivity index (χ0v) is 8.60. The van der Waals surface area contributed by atoms with Crippen molar-refractivity contribution < 1.29 is 9.90 Å². The van der Waals surface area contributed by atoms with Gasteiger partial charge in [-0.1, -0.05) is 18.1 Å². The van der Waals surface area contributed by atoms with E-state index in [4.69, 9.17) is 6.42 Å². The van der Waals surface area contributed by atoms with Crippen LogP contribution >= 0.6 is 0 Å². The number of carbonyl (C=O) groups excluding carboxylic acids is 1. The fraction of sp³-hybridized carbons (Fsp3) is 0.250. The lowest BCUT2D eigenvalue weighted by Crippen LogP contribution is -2.28. The summed E-state index contributed by atoms with van der Waals surface area (Å²) in [6.45, 7) is 0.303. The van der Waals surface area contributed by atoms with Crippen molar-refractivity contribution in [2.24, 2.45) is 0 Å². The minimum atomic E-state index is -0.0569. The summed E-state index contributed by atoms with van der Waals surface area (Å²) >= 11 is 0. The summed E-state index contributed by atoms with van der Waals surface area (Å²) < 4.78 is 0. The van der Waals surface area contributed by atoms with Crippen LogP contribution in [0.25, 0.3) is 0 Å². The molecule has 0 aromatic heterocycles. The zero-order chi connectivity index (χ0) is 11.3. The molecule has 0 heterocycles. The molecule has 0 saturated heterocycles. The van der Waals surface area contributed by atoms with E-state index in [1.165, 1.54) is 4.90 Å². The fourth-order valence-corrected chi connectivity index (χ4v) is 1.20. The van der Waals surface area contributed by atoms with Crippen LogP contribution in [0.5, 0.6) is 5.75 Å². The first-order valence-electron chi connectivity index (χ1n) is 4.59. The molecular weight excluding hydrogens is 190 g/mol. The topological polar surface area (TPSA) is 40.5 Å². The van der Waals surface area contributed by atoms with Gasteiger partial charge in [0.05, 0.1) is 13.0 Å². The number of hydrogen-bond acceptors (Lipinski definition) is 2. The van der Waals surface area contributed by atoms with Crippen molar-refractivity contribution in [2.75, 3.05) is 13.6 Å². The van der Waals surface area contributed by atoms with Crippen LogP contribution in [0, 0.1) is 12.3 Å². The van der Waals surface area contributed by atoms with Gasteiger partial charge in [0.25, 0.3) is 0 Å². The summed E-state index contributed by atoms with van der Waals surface area (Å²) in [4.78, 5) is 13.0. The molecule has 3 nitrogen and oxygen atoms in total. The lowest BCUT2D eigenvalue weighted by molar-refractivity contribution is -0.128. The van der Waals surface area contributed by atoms with Crippen LogP contribution in [-0.4, -0.2) is 29.5 Å². The van der Waals surface area contributed by atoms with Crippen LogP contribution in [-0.2, 0) is 11.2 Å². The average molecular weight is 203 g/mol. The molecule has 0 atom stereocenters. The maximum atomic E-state index is 11.6. The Balaban J connectivity index is 2.63. The van der Waals surface area contributed by atoms with Gasteiger partial charge in [-0.15, -0.1) is 6.42 Å². The average Bonchev–Trinajstić information content (AvgIpc) is 2.18. The predicted molar refractivity (Wildman–Crippen MR) is 58.3 cm³/mol. The van der Waals surface area contributed by atoms with E-state index in [0.29, 0.717) is 6.54 Å². The van der Waals surface area contributed by atoms with Gasteiger partial charge in [-0.2, -0.15) is 0 Å². The number of aromatic hydroxyl groups is 1. The highest BCUT2D eigenvalue weighted by Crippen LogP contribution is 2.11. The Morgan fingerprint density at radius 2 is 2.33 bits per heavy atom. The molecule has 0 fully saturated rings. The molecule has 1 rings (SSSR count). The van der Waals surface area contributed by atoms with Crippen LogP contribution in [0.4, 0.5) is 0 Å². The van der Waals surface area contributed by atoms with Gasteiger partial charge in [0.15, 0.2) is 0 Å². The Kier molecular flexibility index (Phi) is 3.75. The van der Waals surface area contributed by atoms with Crippen LogP contribution < -0.4 is 0 Å². The summed E-state index contributed by atoms with van der Waals surface area (Å²) in [6, 6.07) is 6.64. The van der Waals surface area contributed by atoms with Crippen molar-refractivity contribution in [3.05, 3.63) is 29.8 Å². The molecule has 0 radical (unpaired) electrons. The first-order valence-corrected chi connectivity index (χ1v) is 4.59. The van der Waals surface area contributed by atoms with E-state index in [1.807, 2.05) is 0 Å². The molecule has 3 heteroatoms. The summed E-state index contributed by atoms with van der Waals surface area (Å²) in [5.74, 6) is 2.51. The van der Waals surface area contributed by atoms with Gasteiger partial charge in [0.2, 0.25) is 5.91 Å². The summed E-state index contributed by atoms with van der Waals surface area (Å²) in [5, 5.41) is 9.21. The van der Waals surface area contributed by atoms with Crippen molar-refractivity contribution in [2.45, 2.75) is 6.42 Å². The number of nitrogens with zero attached hydrogens (tertiary/aromatic N) is 1. The molecule has 1 aromatic rings. The smallest absolute Gasteiger partial charge is 0.227 e. The molecule has 1 aromatic carbocycles. The number of benzene rings is 1. The number of phenolic OH excluding ortho intramolecular Hbond substituents is 1. The fourth-order valence-electron chi connectivity index (χ4n) is 1.20. The molecule has 0 saturated carbocycles. The summed E-state index contributed by atoms with van der Waals surface area (Å²) in [6.07, 6.45) is 5.36. The third kappa shape index (κ3) is 3.35. The van der Waals surface area contributed by atoms with E-state index in [2.05, 4.69) is 5.92 Å². The normalized spacial score (nSPS) is 9.33. The molecule has 0 bridgehead atoms. The van der Waals surface area contributed by atoms with Crippen LogP contribution in [0.15, 0.2) is 24.3 Å². The van der Waals surface area contributed by atoms with E-state index in [1.54, 1.807) is 31.3 Å². The largest absolute Gasteiger partial charge is 0.508 e. The third-order valence-electron chi connectivity index (χ3n) is 2.02. The van der Waals surface area contributed by atoms with Gasteiger partial charge in [-0.3, -0.25) is 4.79 Å². The van der Waals surface area contributed by atoms with Gasteiger partial charge >= 0.3 is 0 Å². The highest BCUT2D eigenvalue weighted by atomic mass is 16.3. The van der Waals surface area contributed by atoms with Crippen molar-refractivity contribution in [1.29, 1.82) is 0 Å². The Morgan fingerprint density at radius 3 is 2.93 bits per heavy atom. The second-order valence-electron chi connectivity index (χ2n) is 3.30. The number of phenols is 1. The minimum Gasteiger partial charge on any atom is -0.508 e. The van der Waals surface area contributed by atoms with Crippen molar-refractivity contribution in [3.63, 3.8) is 0 Å². The predicted octanol–water partition coefficient (Wildman–Crippen LogP) is 1.03. The standard InChI is InChI=1S/C12H13NO2/c1-3-7-13(2)12(15)9-10-5-4-6-11(14)8-10/h1,4-6,8,14H,7,9H2,2H3. The lowest BCUT2D eigenvalue weighted by atomic mass is 10.1. The SMILES string of the molecule is C#CCN(C)C(=O)Cc1cccc(O)c1. The minimum absolute atomic E-state index is 0.0569. The summed E-state index contributed by atoms with van der Waals surface area (Å²) in [7, 11) is 1.66. The maximum absolute atomic E-state index is 11.6. The number of hydrogen-bond donors (Lipinski definition) is 1. The van der Waals surface area contributed by atoms with Gasteiger partial charge in [-0.05, 0) is 17.7 Å². The molecule has 1 amide bonds. The van der Waals surface area contributed by atoms with Gasteiger partial charge < -0.3 is 10.0 Å². The number of carbonyl (C=O) groups is 1. The monoisotopic (exact) mass is 203 g/mol. The van der Waals surface area contributed by atoms with Crippen LogP contribution in [0.1, 0.15) is 5.56 Å². The molecule has 0 aliphatic carbocycles. The van der Waals surface area contributed by atoms with E-state index >= 15 is 0 Å². The van der Waals surface area contributed by atoms with E-state index in [0.717, 1.165) is 5.56 Å². The molecule has 15 heavy (non-hydrogen) atoms.